The zero-order valence-corrected chi connectivity index (χ0v) is 25.3. The van der Waals surface area contributed by atoms with E-state index >= 15 is 0 Å². The summed E-state index contributed by atoms with van der Waals surface area (Å²) in [4.78, 5) is 31.4. The lowest BCUT2D eigenvalue weighted by atomic mass is 10.0. The summed E-state index contributed by atoms with van der Waals surface area (Å²) in [5.74, 6) is 0.937. The van der Waals surface area contributed by atoms with E-state index in [-0.39, 0.29) is 17.9 Å². The van der Waals surface area contributed by atoms with Gasteiger partial charge in [0, 0.05) is 55.9 Å². The Morgan fingerprint density at radius 3 is 2.51 bits per heavy atom. The third kappa shape index (κ3) is 6.39. The molecule has 0 saturated carbocycles. The largest absolute Gasteiger partial charge is 0.482 e. The van der Waals surface area contributed by atoms with Gasteiger partial charge in [0.05, 0.1) is 16.6 Å². The molecule has 0 radical (unpaired) electrons. The number of nitrogens with one attached hydrogen (secondary N) is 1. The van der Waals surface area contributed by atoms with Crippen LogP contribution in [0, 0.1) is 19.1 Å². The van der Waals surface area contributed by atoms with Crippen LogP contribution in [0.3, 0.4) is 0 Å². The maximum absolute atomic E-state index is 13.2. The van der Waals surface area contributed by atoms with Crippen LogP contribution >= 0.6 is 0 Å². The molecule has 5 aromatic rings. The molecule has 232 valence electrons. The zero-order valence-electron chi connectivity index (χ0n) is 25.3. The van der Waals surface area contributed by atoms with Gasteiger partial charge < -0.3 is 24.6 Å². The van der Waals surface area contributed by atoms with Gasteiger partial charge in [0.15, 0.2) is 23.3 Å². The molecule has 0 unspecified atom stereocenters. The van der Waals surface area contributed by atoms with Gasteiger partial charge in [0.2, 0.25) is 0 Å². The summed E-state index contributed by atoms with van der Waals surface area (Å²) >= 11 is 0. The van der Waals surface area contributed by atoms with Crippen LogP contribution in [0.4, 0.5) is 5.69 Å². The van der Waals surface area contributed by atoms with Gasteiger partial charge in [-0.2, -0.15) is 0 Å². The van der Waals surface area contributed by atoms with Crippen LogP contribution in [0.2, 0.25) is 0 Å². The summed E-state index contributed by atoms with van der Waals surface area (Å²) in [6, 6.07) is 22.4. The molecule has 1 N–H and O–H groups in total. The van der Waals surface area contributed by atoms with Crippen molar-refractivity contribution >= 4 is 22.6 Å². The summed E-state index contributed by atoms with van der Waals surface area (Å²) < 4.78 is 16.9. The van der Waals surface area contributed by atoms with Crippen molar-refractivity contribution in [2.75, 3.05) is 44.2 Å². The molecule has 0 spiro atoms. The Balaban J connectivity index is 1.02. The minimum atomic E-state index is -0.265. The average molecular weight is 610 g/mol. The monoisotopic (exact) mass is 609 g/mol. The van der Waals surface area contributed by atoms with E-state index in [1.54, 1.807) is 32.0 Å². The Hall–Kier alpha value is -5.16. The van der Waals surface area contributed by atoms with Gasteiger partial charge in [0.1, 0.15) is 11.5 Å². The molecule has 3 heterocycles. The predicted molar refractivity (Wildman–Crippen MR) is 169 cm³/mol. The van der Waals surface area contributed by atoms with Gasteiger partial charge in [-0.1, -0.05) is 48.5 Å². The highest BCUT2D eigenvalue weighted by molar-refractivity contribution is 6.05. The molecule has 11 heteroatoms. The Bertz CT molecular complexity index is 1860. The smallest absolute Gasteiger partial charge is 0.258 e. The van der Waals surface area contributed by atoms with Crippen molar-refractivity contribution < 1.29 is 23.5 Å². The van der Waals surface area contributed by atoms with E-state index in [4.69, 9.17) is 9.15 Å². The second-order valence-corrected chi connectivity index (χ2v) is 11.1. The van der Waals surface area contributed by atoms with Crippen LogP contribution in [0.5, 0.6) is 5.75 Å². The molecule has 1 fully saturated rings. The summed E-state index contributed by atoms with van der Waals surface area (Å²) in [6.45, 7) is 8.28. The highest BCUT2D eigenvalue weighted by Gasteiger charge is 2.22. The highest BCUT2D eigenvalue weighted by Crippen LogP contribution is 2.30. The van der Waals surface area contributed by atoms with Crippen LogP contribution in [-0.2, 0) is 6.61 Å². The van der Waals surface area contributed by atoms with Crippen molar-refractivity contribution in [2.45, 2.75) is 26.9 Å². The van der Waals surface area contributed by atoms with E-state index in [0.717, 1.165) is 56.1 Å². The van der Waals surface area contributed by atoms with Crippen LogP contribution in [-0.4, -0.2) is 55.2 Å². The number of para-hydroxylation sites is 3. The van der Waals surface area contributed by atoms with E-state index in [1.807, 2.05) is 54.6 Å². The molecule has 0 bridgehead atoms. The number of benzene rings is 3. The molecule has 1 aliphatic heterocycles. The van der Waals surface area contributed by atoms with E-state index in [0.29, 0.717) is 50.7 Å². The molecule has 11 nitrogen and oxygen atoms in total. The van der Waals surface area contributed by atoms with E-state index in [2.05, 4.69) is 24.9 Å². The quantitative estimate of drug-likeness (QED) is 0.183. The number of aromatic nitrogens is 2. The fourth-order valence-electron chi connectivity index (χ4n) is 5.60. The molecular weight excluding hydrogens is 574 g/mol. The number of amides is 1. The lowest BCUT2D eigenvalue weighted by molar-refractivity contribution is -0.806. The van der Waals surface area contributed by atoms with E-state index < -0.39 is 0 Å². The van der Waals surface area contributed by atoms with Crippen LogP contribution in [0.15, 0.2) is 86.6 Å². The molecule has 0 aliphatic carbocycles. The number of rotatable bonds is 10. The Morgan fingerprint density at radius 1 is 1.00 bits per heavy atom. The van der Waals surface area contributed by atoms with E-state index in [9.17, 15) is 14.8 Å². The summed E-state index contributed by atoms with van der Waals surface area (Å²) in [6.07, 6.45) is 0.783. The summed E-state index contributed by atoms with van der Waals surface area (Å²) in [5.41, 5.74) is 3.66. The lowest BCUT2D eigenvalue weighted by Gasteiger charge is -2.36. The van der Waals surface area contributed by atoms with Crippen molar-refractivity contribution in [3.8, 4) is 17.1 Å². The number of carbonyl (C=O) groups is 1. The molecular formula is C34H35N5O6. The Morgan fingerprint density at radius 2 is 1.76 bits per heavy atom. The third-order valence-electron chi connectivity index (χ3n) is 8.22. The first kappa shape index (κ1) is 29.9. The summed E-state index contributed by atoms with van der Waals surface area (Å²) in [5, 5.41) is 18.7. The Labute approximate surface area is 260 Å². The normalized spacial score (nSPS) is 13.7. The van der Waals surface area contributed by atoms with Crippen molar-refractivity contribution in [3.63, 3.8) is 0 Å². The maximum Gasteiger partial charge on any atom is 0.258 e. The molecule has 6 rings (SSSR count). The third-order valence-corrected chi connectivity index (χ3v) is 8.22. The van der Waals surface area contributed by atoms with Crippen LogP contribution in [0.25, 0.3) is 22.3 Å². The molecule has 0 atom stereocenters. The van der Waals surface area contributed by atoms with Crippen molar-refractivity contribution in [1.29, 1.82) is 0 Å². The van der Waals surface area contributed by atoms with Gasteiger partial charge in [-0.3, -0.25) is 19.1 Å². The second kappa shape index (κ2) is 13.2. The van der Waals surface area contributed by atoms with Gasteiger partial charge in [-0.05, 0) is 49.1 Å². The number of ether oxygens (including phenoxy) is 1. The fraction of sp³-hybridized carbons (Fsp3) is 0.294. The molecule has 3 aromatic carbocycles. The average Bonchev–Trinajstić information content (AvgIpc) is 3.40. The first-order valence-electron chi connectivity index (χ1n) is 15.0. The number of anilines is 1. The summed E-state index contributed by atoms with van der Waals surface area (Å²) in [7, 11) is 0. The first-order valence-corrected chi connectivity index (χ1v) is 15.0. The molecule has 2 aromatic heterocycles. The Kier molecular flexibility index (Phi) is 8.79. The molecule has 1 amide bonds. The minimum Gasteiger partial charge on any atom is -0.482 e. The SMILES string of the molecule is Cc1c(-c2ccccc2)oc2c(C(=O)NCCCN3CCN(c4ccccc4OCc4no[n+]([O-])c4C)CC3)cccc2c1=O. The van der Waals surface area contributed by atoms with Crippen molar-refractivity contribution in [2.24, 2.45) is 0 Å². The highest BCUT2D eigenvalue weighted by atomic mass is 16.8. The number of fused-ring (bicyclic) bond motifs is 1. The second-order valence-electron chi connectivity index (χ2n) is 11.1. The maximum atomic E-state index is 13.2. The lowest BCUT2D eigenvalue weighted by Crippen LogP contribution is -2.47. The number of nitrogens with zero attached hydrogens (tertiary/aromatic N) is 4. The van der Waals surface area contributed by atoms with Gasteiger partial charge in [-0.25, -0.2) is 0 Å². The number of hydrogen-bond acceptors (Lipinski definition) is 9. The molecule has 45 heavy (non-hydrogen) atoms. The zero-order chi connectivity index (χ0) is 31.3. The van der Waals surface area contributed by atoms with Crippen molar-refractivity contribution in [3.05, 3.63) is 111 Å². The van der Waals surface area contributed by atoms with Crippen LogP contribution in [0.1, 0.15) is 33.7 Å². The van der Waals surface area contributed by atoms with Crippen LogP contribution < -0.4 is 25.3 Å². The molecule has 1 aliphatic rings. The van der Waals surface area contributed by atoms with E-state index in [1.165, 1.54) is 0 Å². The number of hydrogen-bond donors (Lipinski definition) is 1. The standard InChI is InChI=1S/C34H35N5O6/c1-23-31(40)26-12-8-13-27(33(26)44-32(23)25-10-4-3-5-11-25)34(41)35-16-9-17-37-18-20-38(21-19-37)29-14-6-7-15-30(29)43-22-28-24(2)39(42)45-36-28/h3-8,10-15H,9,16-22H2,1-2H3,(H,35,41). The fourth-order valence-corrected chi connectivity index (χ4v) is 5.60. The van der Waals surface area contributed by atoms with Gasteiger partial charge in [0.25, 0.3) is 11.6 Å². The number of carbonyl (C=O) groups excluding carboxylic acids is 1. The predicted octanol–water partition coefficient (Wildman–Crippen LogP) is 4.22. The van der Waals surface area contributed by atoms with Gasteiger partial charge in [-0.15, -0.1) is 0 Å². The minimum absolute atomic E-state index is 0.139. The first-order chi connectivity index (χ1) is 21.9. The number of piperazine rings is 1. The van der Waals surface area contributed by atoms with Crippen molar-refractivity contribution in [1.82, 2.24) is 15.4 Å². The van der Waals surface area contributed by atoms with Gasteiger partial charge >= 0.3 is 0 Å². The molecule has 1 saturated heterocycles. The topological polar surface area (TPSA) is 128 Å².